The van der Waals surface area contributed by atoms with E-state index in [0.29, 0.717) is 11.8 Å². The zero-order valence-corrected chi connectivity index (χ0v) is 25.2. The number of benzene rings is 2. The first kappa shape index (κ1) is 27.9. The average Bonchev–Trinajstić information content (AvgIpc) is 3.41. The molecular formula is C32H38N10O2. The fourth-order valence-electron chi connectivity index (χ4n) is 6.31. The van der Waals surface area contributed by atoms with Crippen molar-refractivity contribution in [2.24, 2.45) is 0 Å². The number of urea groups is 1. The number of hydrogen-bond donors (Lipinski definition) is 3. The first-order valence-corrected chi connectivity index (χ1v) is 15.5. The Morgan fingerprint density at radius 3 is 2.16 bits per heavy atom. The summed E-state index contributed by atoms with van der Waals surface area (Å²) < 4.78 is 7.21. The Hall–Kier alpha value is -4.87. The maximum Gasteiger partial charge on any atom is 0.321 e. The molecule has 7 rings (SSSR count). The summed E-state index contributed by atoms with van der Waals surface area (Å²) >= 11 is 0. The van der Waals surface area contributed by atoms with Crippen LogP contribution in [0.3, 0.4) is 0 Å². The lowest BCUT2D eigenvalue weighted by molar-refractivity contribution is 0.248. The van der Waals surface area contributed by atoms with Crippen LogP contribution in [0, 0.1) is 6.92 Å². The Morgan fingerprint density at radius 1 is 0.864 bits per heavy atom. The molecule has 1 unspecified atom stereocenters. The van der Waals surface area contributed by atoms with E-state index in [2.05, 4.69) is 25.8 Å². The van der Waals surface area contributed by atoms with Crippen LogP contribution in [0.1, 0.15) is 61.4 Å². The van der Waals surface area contributed by atoms with Crippen LogP contribution in [0.4, 0.5) is 34.1 Å². The number of nitrogens with zero attached hydrogens (tertiary/aromatic N) is 7. The number of amides is 2. The van der Waals surface area contributed by atoms with Gasteiger partial charge in [0.2, 0.25) is 17.8 Å². The molecule has 0 bridgehead atoms. The Morgan fingerprint density at radius 2 is 1.52 bits per heavy atom. The van der Waals surface area contributed by atoms with Crippen LogP contribution < -0.4 is 30.5 Å². The van der Waals surface area contributed by atoms with Crippen LogP contribution in [0.15, 0.2) is 48.5 Å². The second kappa shape index (κ2) is 12.0. The summed E-state index contributed by atoms with van der Waals surface area (Å²) in [6.07, 6.45) is 7.12. The number of hydrogen-bond acceptors (Lipinski definition) is 9. The highest BCUT2D eigenvalue weighted by Gasteiger charge is 2.32. The van der Waals surface area contributed by atoms with E-state index in [0.717, 1.165) is 97.7 Å². The monoisotopic (exact) mass is 594 g/mol. The van der Waals surface area contributed by atoms with E-state index < -0.39 is 0 Å². The van der Waals surface area contributed by atoms with E-state index in [1.807, 2.05) is 55.5 Å². The van der Waals surface area contributed by atoms with Crippen molar-refractivity contribution < 1.29 is 9.53 Å². The van der Waals surface area contributed by atoms with Crippen molar-refractivity contribution in [2.45, 2.75) is 51.5 Å². The number of ether oxygens (including phenoxy) is 1. The molecule has 44 heavy (non-hydrogen) atoms. The third-order valence-corrected chi connectivity index (χ3v) is 8.59. The fourth-order valence-corrected chi connectivity index (χ4v) is 6.31. The quantitative estimate of drug-likeness (QED) is 0.261. The predicted octanol–water partition coefficient (Wildman–Crippen LogP) is 5.32. The molecule has 2 fully saturated rings. The molecule has 12 nitrogen and oxygen atoms in total. The minimum Gasteiger partial charge on any atom is -0.497 e. The molecule has 0 spiro atoms. The maximum absolute atomic E-state index is 12.8. The number of methoxy groups -OCH3 is 1. The van der Waals surface area contributed by atoms with Crippen molar-refractivity contribution in [2.75, 3.05) is 53.7 Å². The normalized spacial score (nSPS) is 18.3. The predicted molar refractivity (Wildman–Crippen MR) is 171 cm³/mol. The number of carbonyl (C=O) groups excluding carboxylic acids is 1. The van der Waals surface area contributed by atoms with Gasteiger partial charge in [-0.3, -0.25) is 5.32 Å². The van der Waals surface area contributed by atoms with Crippen molar-refractivity contribution in [3.63, 3.8) is 0 Å². The Kier molecular flexibility index (Phi) is 7.63. The van der Waals surface area contributed by atoms with E-state index in [1.165, 1.54) is 12.8 Å². The van der Waals surface area contributed by atoms with Gasteiger partial charge in [0.15, 0.2) is 0 Å². The van der Waals surface area contributed by atoms with Gasteiger partial charge in [-0.05, 0) is 87.4 Å². The van der Waals surface area contributed by atoms with Crippen molar-refractivity contribution in [3.8, 4) is 11.4 Å². The second-order valence-corrected chi connectivity index (χ2v) is 11.6. The van der Waals surface area contributed by atoms with Gasteiger partial charge < -0.3 is 25.2 Å². The summed E-state index contributed by atoms with van der Waals surface area (Å²) in [6.45, 7) is 5.83. The van der Waals surface area contributed by atoms with Gasteiger partial charge in [0.05, 0.1) is 24.5 Å². The van der Waals surface area contributed by atoms with Crippen LogP contribution in [0.2, 0.25) is 0 Å². The number of fused-ring (bicyclic) bond motifs is 1. The van der Waals surface area contributed by atoms with Crippen LogP contribution in [-0.4, -0.2) is 64.1 Å². The molecular weight excluding hydrogens is 556 g/mol. The lowest BCUT2D eigenvalue weighted by atomic mass is 9.97. The Balaban J connectivity index is 1.16. The SMILES string of the molecule is COc1cccc(C2NC(=O)Nc3c2c(C)nn3-c2ccc(Nc3nc(N4CCCCC4)nc(N4CCCCC4)n3)cc2)c1. The van der Waals surface area contributed by atoms with Gasteiger partial charge in [0.1, 0.15) is 11.6 Å². The average molecular weight is 595 g/mol. The number of aryl methyl sites for hydroxylation is 1. The molecule has 3 N–H and O–H groups in total. The van der Waals surface area contributed by atoms with Gasteiger partial charge in [0.25, 0.3) is 0 Å². The van der Waals surface area contributed by atoms with E-state index in [9.17, 15) is 4.79 Å². The molecule has 2 aromatic heterocycles. The van der Waals surface area contributed by atoms with E-state index in [4.69, 9.17) is 24.8 Å². The summed E-state index contributed by atoms with van der Waals surface area (Å²) in [5, 5.41) is 14.3. The first-order chi connectivity index (χ1) is 21.6. The number of rotatable bonds is 7. The van der Waals surface area contributed by atoms with Crippen molar-refractivity contribution >= 4 is 35.4 Å². The van der Waals surface area contributed by atoms with Crippen LogP contribution >= 0.6 is 0 Å². The zero-order chi connectivity index (χ0) is 30.0. The molecule has 2 saturated heterocycles. The standard InChI is InChI=1S/C32H38N10O2/c1-21-26-27(22-10-9-11-25(20-22)44-2)34-32(43)35-28(26)42(39-21)24-14-12-23(13-15-24)33-29-36-30(40-16-5-3-6-17-40)38-31(37-29)41-18-7-4-8-19-41/h9-15,20,27H,3-8,16-19H2,1-2H3,(H2,34,35,43)(H,33,36,37,38). The minimum absolute atomic E-state index is 0.284. The van der Waals surface area contributed by atoms with Crippen molar-refractivity contribution in [1.82, 2.24) is 30.0 Å². The first-order valence-electron chi connectivity index (χ1n) is 15.5. The lowest BCUT2D eigenvalue weighted by Crippen LogP contribution is -2.38. The van der Waals surface area contributed by atoms with Crippen molar-refractivity contribution in [1.29, 1.82) is 0 Å². The third kappa shape index (κ3) is 5.59. The van der Waals surface area contributed by atoms with E-state index in [1.54, 1.807) is 11.8 Å². The molecule has 3 aliphatic heterocycles. The number of nitrogens with one attached hydrogen (secondary N) is 3. The van der Waals surface area contributed by atoms with Gasteiger partial charge in [-0.25, -0.2) is 9.48 Å². The van der Waals surface area contributed by atoms with Crippen LogP contribution in [0.5, 0.6) is 5.75 Å². The smallest absolute Gasteiger partial charge is 0.321 e. The molecule has 5 heterocycles. The van der Waals surface area contributed by atoms with Crippen LogP contribution in [0.25, 0.3) is 5.69 Å². The Labute approximate surface area is 256 Å². The summed E-state index contributed by atoms with van der Waals surface area (Å²) in [6, 6.07) is 15.0. The second-order valence-electron chi connectivity index (χ2n) is 11.6. The minimum atomic E-state index is -0.351. The zero-order valence-electron chi connectivity index (χ0n) is 25.2. The summed E-state index contributed by atoms with van der Waals surface area (Å²) in [5.41, 5.74) is 4.34. The molecule has 0 saturated carbocycles. The Bertz CT molecular complexity index is 1610. The van der Waals surface area contributed by atoms with Gasteiger partial charge in [-0.2, -0.15) is 20.1 Å². The highest BCUT2D eigenvalue weighted by atomic mass is 16.5. The highest BCUT2D eigenvalue weighted by Crippen LogP contribution is 2.37. The molecule has 2 amide bonds. The lowest BCUT2D eigenvalue weighted by Gasteiger charge is -2.30. The molecule has 12 heteroatoms. The summed E-state index contributed by atoms with van der Waals surface area (Å²) in [5.74, 6) is 3.41. The maximum atomic E-state index is 12.8. The van der Waals surface area contributed by atoms with Gasteiger partial charge in [0, 0.05) is 37.4 Å². The van der Waals surface area contributed by atoms with E-state index >= 15 is 0 Å². The summed E-state index contributed by atoms with van der Waals surface area (Å²) in [7, 11) is 1.63. The molecule has 2 aromatic carbocycles. The number of piperidine rings is 2. The molecule has 1 atom stereocenters. The van der Waals surface area contributed by atoms with Gasteiger partial charge in [-0.1, -0.05) is 12.1 Å². The third-order valence-electron chi connectivity index (χ3n) is 8.59. The van der Waals surface area contributed by atoms with Gasteiger partial charge >= 0.3 is 6.03 Å². The van der Waals surface area contributed by atoms with E-state index in [-0.39, 0.29) is 12.1 Å². The molecule has 4 aromatic rings. The van der Waals surface area contributed by atoms with Gasteiger partial charge in [-0.15, -0.1) is 0 Å². The number of anilines is 5. The molecule has 228 valence electrons. The number of carbonyl (C=O) groups is 1. The molecule has 0 aliphatic carbocycles. The molecule has 0 radical (unpaired) electrons. The summed E-state index contributed by atoms with van der Waals surface area (Å²) in [4.78, 5) is 31.9. The molecule has 3 aliphatic rings. The number of aromatic nitrogens is 5. The largest absolute Gasteiger partial charge is 0.497 e. The highest BCUT2D eigenvalue weighted by molar-refractivity contribution is 5.93. The topological polar surface area (TPSA) is 125 Å². The van der Waals surface area contributed by atoms with Crippen molar-refractivity contribution in [3.05, 3.63) is 65.4 Å². The van der Waals surface area contributed by atoms with Crippen LogP contribution in [-0.2, 0) is 0 Å². The fraction of sp³-hybridized carbons (Fsp3) is 0.406.